The molecule has 0 saturated carbocycles. The number of sulfonamides is 1. The van der Waals surface area contributed by atoms with Gasteiger partial charge in [-0.3, -0.25) is 0 Å². The van der Waals surface area contributed by atoms with Gasteiger partial charge in [-0.2, -0.15) is 0 Å². The Morgan fingerprint density at radius 1 is 1.08 bits per heavy atom. The van der Waals surface area contributed by atoms with Gasteiger partial charge in [0.25, 0.3) is 0 Å². The van der Waals surface area contributed by atoms with Gasteiger partial charge in [-0.25, -0.2) is 18.1 Å². The maximum absolute atomic E-state index is 12.4. The fourth-order valence-corrected chi connectivity index (χ4v) is 3.30. The second-order valence-corrected chi connectivity index (χ2v) is 7.42. The van der Waals surface area contributed by atoms with E-state index in [2.05, 4.69) is 9.71 Å². The molecule has 24 heavy (non-hydrogen) atoms. The highest BCUT2D eigenvalue weighted by Crippen LogP contribution is 2.22. The predicted molar refractivity (Wildman–Crippen MR) is 92.2 cm³/mol. The summed E-state index contributed by atoms with van der Waals surface area (Å²) < 4.78 is 32.7. The first-order chi connectivity index (χ1) is 11.4. The number of hydrogen-bond donors (Lipinski definition) is 1. The molecule has 1 aromatic heterocycles. The minimum atomic E-state index is -3.59. The third kappa shape index (κ3) is 3.84. The van der Waals surface area contributed by atoms with Gasteiger partial charge in [0.05, 0.1) is 11.1 Å². The summed E-state index contributed by atoms with van der Waals surface area (Å²) in [7, 11) is -3.59. The third-order valence-electron chi connectivity index (χ3n) is 3.45. The van der Waals surface area contributed by atoms with Gasteiger partial charge in [0, 0.05) is 24.1 Å². The number of aryl methyl sites for hydroxylation is 1. The molecule has 0 fully saturated rings. The Bertz CT molecular complexity index is 933. The van der Waals surface area contributed by atoms with E-state index < -0.39 is 10.0 Å². The molecule has 1 N–H and O–H groups in total. The third-order valence-corrected chi connectivity index (χ3v) is 5.12. The van der Waals surface area contributed by atoms with Gasteiger partial charge < -0.3 is 4.42 Å². The van der Waals surface area contributed by atoms with E-state index in [9.17, 15) is 8.42 Å². The molecule has 0 aliphatic carbocycles. The van der Waals surface area contributed by atoms with Crippen LogP contribution in [0.5, 0.6) is 0 Å². The molecule has 0 saturated heterocycles. The van der Waals surface area contributed by atoms with Crippen molar-refractivity contribution in [1.29, 1.82) is 0 Å². The Labute approximate surface area is 145 Å². The van der Waals surface area contributed by atoms with Crippen LogP contribution in [0.2, 0.25) is 5.02 Å². The lowest BCUT2D eigenvalue weighted by molar-refractivity contribution is 0.534. The Kier molecular flexibility index (Phi) is 4.71. The Balaban J connectivity index is 1.73. The largest absolute Gasteiger partial charge is 0.441 e. The van der Waals surface area contributed by atoms with E-state index in [1.165, 1.54) is 12.1 Å². The zero-order valence-corrected chi connectivity index (χ0v) is 14.4. The summed E-state index contributed by atoms with van der Waals surface area (Å²) in [6, 6.07) is 13.5. The minimum Gasteiger partial charge on any atom is -0.441 e. The molecule has 7 heteroatoms. The fraction of sp³-hybridized carbons (Fsp3) is 0.118. The van der Waals surface area contributed by atoms with E-state index in [-0.39, 0.29) is 11.4 Å². The first-order valence-electron chi connectivity index (χ1n) is 7.21. The summed E-state index contributed by atoms with van der Waals surface area (Å²) in [5, 5.41) is 0.611. The first-order valence-corrected chi connectivity index (χ1v) is 9.07. The van der Waals surface area contributed by atoms with Gasteiger partial charge in [0.15, 0.2) is 11.7 Å². The van der Waals surface area contributed by atoms with Crippen LogP contribution in [0.3, 0.4) is 0 Å². The summed E-state index contributed by atoms with van der Waals surface area (Å²) in [5.41, 5.74) is 1.60. The van der Waals surface area contributed by atoms with Crippen LogP contribution in [0.25, 0.3) is 11.3 Å². The van der Waals surface area contributed by atoms with Crippen molar-refractivity contribution in [2.24, 2.45) is 0 Å². The zero-order chi connectivity index (χ0) is 17.2. The average Bonchev–Trinajstić information content (AvgIpc) is 3.01. The van der Waals surface area contributed by atoms with Crippen molar-refractivity contribution in [3.05, 3.63) is 71.2 Å². The highest BCUT2D eigenvalue weighted by atomic mass is 35.5. The molecule has 0 aliphatic heterocycles. The molecule has 1 heterocycles. The molecule has 0 aliphatic rings. The molecule has 0 amide bonds. The van der Waals surface area contributed by atoms with Gasteiger partial charge >= 0.3 is 0 Å². The number of nitrogens with zero attached hydrogens (tertiary/aromatic N) is 1. The van der Waals surface area contributed by atoms with Crippen LogP contribution in [0.1, 0.15) is 11.5 Å². The average molecular weight is 363 g/mol. The Morgan fingerprint density at radius 2 is 1.75 bits per heavy atom. The SMILES string of the molecule is Cc1ncc(-c2ccc(S(=O)(=O)NCc3ccc(Cl)cc3)cc2)o1. The molecule has 0 spiro atoms. The van der Waals surface area contributed by atoms with Crippen LogP contribution >= 0.6 is 11.6 Å². The number of oxazole rings is 1. The Morgan fingerprint density at radius 3 is 2.33 bits per heavy atom. The summed E-state index contributed by atoms with van der Waals surface area (Å²) >= 11 is 5.81. The standard InChI is InChI=1S/C17H15ClN2O3S/c1-12-19-11-17(23-12)14-4-8-16(9-5-14)24(21,22)20-10-13-2-6-15(18)7-3-13/h2-9,11,20H,10H2,1H3. The topological polar surface area (TPSA) is 72.2 Å². The highest BCUT2D eigenvalue weighted by Gasteiger charge is 2.14. The fourth-order valence-electron chi connectivity index (χ4n) is 2.16. The number of aromatic nitrogens is 1. The molecular weight excluding hydrogens is 348 g/mol. The maximum atomic E-state index is 12.4. The summed E-state index contributed by atoms with van der Waals surface area (Å²) in [5.74, 6) is 1.16. The van der Waals surface area contributed by atoms with Crippen LogP contribution in [-0.2, 0) is 16.6 Å². The predicted octanol–water partition coefficient (Wildman–Crippen LogP) is 3.78. The molecule has 0 radical (unpaired) electrons. The highest BCUT2D eigenvalue weighted by molar-refractivity contribution is 7.89. The van der Waals surface area contributed by atoms with Crippen molar-refractivity contribution in [1.82, 2.24) is 9.71 Å². The lowest BCUT2D eigenvalue weighted by atomic mass is 10.2. The molecule has 5 nitrogen and oxygen atoms in total. The molecule has 3 rings (SSSR count). The molecule has 0 unspecified atom stereocenters. The first kappa shape index (κ1) is 16.7. The normalized spacial score (nSPS) is 11.6. The van der Waals surface area contributed by atoms with Crippen molar-refractivity contribution in [2.75, 3.05) is 0 Å². The smallest absolute Gasteiger partial charge is 0.240 e. The number of nitrogens with one attached hydrogen (secondary N) is 1. The van der Waals surface area contributed by atoms with Crippen LogP contribution in [0.15, 0.2) is 64.0 Å². The van der Waals surface area contributed by atoms with Crippen molar-refractivity contribution < 1.29 is 12.8 Å². The van der Waals surface area contributed by atoms with Crippen LogP contribution < -0.4 is 4.72 Å². The lowest BCUT2D eigenvalue weighted by Crippen LogP contribution is -2.23. The number of halogens is 1. The molecule has 3 aromatic rings. The quantitative estimate of drug-likeness (QED) is 0.749. The van der Waals surface area contributed by atoms with E-state index in [0.717, 1.165) is 11.1 Å². The van der Waals surface area contributed by atoms with Gasteiger partial charge in [-0.05, 0) is 42.0 Å². The number of rotatable bonds is 5. The van der Waals surface area contributed by atoms with E-state index >= 15 is 0 Å². The summed E-state index contributed by atoms with van der Waals surface area (Å²) in [6.45, 7) is 1.95. The molecular formula is C17H15ClN2O3S. The molecule has 0 atom stereocenters. The number of benzene rings is 2. The van der Waals surface area contributed by atoms with Crippen LogP contribution in [-0.4, -0.2) is 13.4 Å². The van der Waals surface area contributed by atoms with Crippen molar-refractivity contribution in [3.8, 4) is 11.3 Å². The van der Waals surface area contributed by atoms with Crippen LogP contribution in [0, 0.1) is 6.92 Å². The van der Waals surface area contributed by atoms with E-state index in [1.54, 1.807) is 49.5 Å². The monoisotopic (exact) mass is 362 g/mol. The van der Waals surface area contributed by atoms with Gasteiger partial charge in [0.1, 0.15) is 0 Å². The summed E-state index contributed by atoms with van der Waals surface area (Å²) in [6.07, 6.45) is 1.61. The zero-order valence-electron chi connectivity index (χ0n) is 12.9. The number of hydrogen-bond acceptors (Lipinski definition) is 4. The molecule has 124 valence electrons. The van der Waals surface area contributed by atoms with Crippen LogP contribution in [0.4, 0.5) is 0 Å². The molecule has 2 aromatic carbocycles. The van der Waals surface area contributed by atoms with Crippen molar-refractivity contribution in [3.63, 3.8) is 0 Å². The maximum Gasteiger partial charge on any atom is 0.240 e. The summed E-state index contributed by atoms with van der Waals surface area (Å²) in [4.78, 5) is 4.22. The van der Waals surface area contributed by atoms with Gasteiger partial charge in [-0.1, -0.05) is 23.7 Å². The van der Waals surface area contributed by atoms with Crippen molar-refractivity contribution >= 4 is 21.6 Å². The Hall–Kier alpha value is -2.15. The van der Waals surface area contributed by atoms with Gasteiger partial charge in [0.2, 0.25) is 10.0 Å². The lowest BCUT2D eigenvalue weighted by Gasteiger charge is -2.07. The van der Waals surface area contributed by atoms with E-state index in [1.807, 2.05) is 0 Å². The van der Waals surface area contributed by atoms with E-state index in [4.69, 9.17) is 16.0 Å². The second-order valence-electron chi connectivity index (χ2n) is 5.22. The van der Waals surface area contributed by atoms with E-state index in [0.29, 0.717) is 16.7 Å². The molecule has 0 bridgehead atoms. The van der Waals surface area contributed by atoms with Crippen molar-refractivity contribution in [2.45, 2.75) is 18.4 Å². The van der Waals surface area contributed by atoms with Gasteiger partial charge in [-0.15, -0.1) is 0 Å². The minimum absolute atomic E-state index is 0.191. The second kappa shape index (κ2) is 6.76.